The zero-order valence-electron chi connectivity index (χ0n) is 17.2. The van der Waals surface area contributed by atoms with Crippen LogP contribution in [-0.2, 0) is 0 Å². The van der Waals surface area contributed by atoms with Crippen LogP contribution < -0.4 is 22.9 Å². The van der Waals surface area contributed by atoms with Crippen molar-refractivity contribution in [2.45, 2.75) is 10.8 Å². The first-order valence-electron chi connectivity index (χ1n) is 9.36. The fourth-order valence-electron chi connectivity index (χ4n) is 2.96. The fourth-order valence-corrected chi connectivity index (χ4v) is 3.37. The van der Waals surface area contributed by atoms with E-state index in [9.17, 15) is 0 Å². The topological polar surface area (TPSA) is 104 Å². The largest absolute Gasteiger partial charge is 0.400 e. The third-order valence-corrected chi connectivity index (χ3v) is 5.44. The molecule has 0 spiro atoms. The first-order valence-corrected chi connectivity index (χ1v) is 10.1. The lowest BCUT2D eigenvalue weighted by atomic mass is 9.95. The number of halogens is 4. The van der Waals surface area contributed by atoms with Crippen LogP contribution in [0.15, 0.2) is 90.6 Å². The Morgan fingerprint density at radius 2 is 0.875 bits per heavy atom. The zero-order chi connectivity index (χ0) is 21.7. The number of alkyl halides is 2. The van der Waals surface area contributed by atoms with Crippen LogP contribution in [0.25, 0.3) is 16.7 Å². The van der Waals surface area contributed by atoms with Gasteiger partial charge in [-0.15, -0.1) is 24.8 Å². The van der Waals surface area contributed by atoms with E-state index < -0.39 is 4.33 Å². The van der Waals surface area contributed by atoms with E-state index in [1.165, 1.54) is 0 Å². The van der Waals surface area contributed by atoms with Gasteiger partial charge in [-0.25, -0.2) is 0 Å². The molecular formula is C24H26Cl4N4. The normalized spacial score (nSPS) is 13.8. The number of nitrogen functional groups attached to an aromatic ring is 3. The monoisotopic (exact) mass is 510 g/mol. The SMILES string of the molecule is Cl.Cl.NC1=CC=C(c2ccc(N)cc2)CC1(Cl)Cl.Nc1ccc(-c2ccc(N)cc2)cc1. The number of benzene rings is 3. The molecule has 0 atom stereocenters. The Morgan fingerprint density at radius 3 is 1.22 bits per heavy atom. The van der Waals surface area contributed by atoms with Crippen molar-refractivity contribution in [2.75, 3.05) is 17.2 Å². The predicted octanol–water partition coefficient (Wildman–Crippen LogP) is 6.43. The third kappa shape index (κ3) is 7.28. The molecule has 0 saturated heterocycles. The first kappa shape index (κ1) is 27.5. The van der Waals surface area contributed by atoms with Crippen molar-refractivity contribution in [3.8, 4) is 11.1 Å². The van der Waals surface area contributed by atoms with E-state index in [-0.39, 0.29) is 24.8 Å². The highest BCUT2D eigenvalue weighted by Gasteiger charge is 2.31. The minimum absolute atomic E-state index is 0. The van der Waals surface area contributed by atoms with Crippen molar-refractivity contribution in [3.63, 3.8) is 0 Å². The summed E-state index contributed by atoms with van der Waals surface area (Å²) in [6.45, 7) is 0. The molecule has 0 amide bonds. The quantitative estimate of drug-likeness (QED) is 0.235. The van der Waals surface area contributed by atoms with Crippen molar-refractivity contribution < 1.29 is 0 Å². The molecule has 0 fully saturated rings. The van der Waals surface area contributed by atoms with Crippen molar-refractivity contribution in [3.05, 3.63) is 96.2 Å². The van der Waals surface area contributed by atoms with Gasteiger partial charge in [0.1, 0.15) is 0 Å². The van der Waals surface area contributed by atoms with Crippen molar-refractivity contribution in [1.29, 1.82) is 0 Å². The highest BCUT2D eigenvalue weighted by atomic mass is 35.5. The summed E-state index contributed by atoms with van der Waals surface area (Å²) in [5.41, 5.74) is 29.8. The number of rotatable bonds is 2. The maximum Gasteiger partial charge on any atom is 0.161 e. The van der Waals surface area contributed by atoms with Gasteiger partial charge in [0.05, 0.1) is 0 Å². The van der Waals surface area contributed by atoms with Crippen LogP contribution in [-0.4, -0.2) is 4.33 Å². The van der Waals surface area contributed by atoms with E-state index in [1.807, 2.05) is 78.9 Å². The summed E-state index contributed by atoms with van der Waals surface area (Å²) < 4.78 is -1.01. The molecule has 3 aromatic rings. The molecule has 0 aliphatic heterocycles. The Balaban J connectivity index is 0.000000303. The van der Waals surface area contributed by atoms with Crippen LogP contribution in [0.3, 0.4) is 0 Å². The van der Waals surface area contributed by atoms with Gasteiger partial charge in [0.25, 0.3) is 0 Å². The average molecular weight is 512 g/mol. The Bertz CT molecular complexity index is 1020. The second-order valence-corrected chi connectivity index (χ2v) is 8.55. The summed E-state index contributed by atoms with van der Waals surface area (Å²) in [4.78, 5) is 0. The fraction of sp³-hybridized carbons (Fsp3) is 0.0833. The van der Waals surface area contributed by atoms with Crippen LogP contribution >= 0.6 is 48.0 Å². The van der Waals surface area contributed by atoms with Gasteiger partial charge in [0.2, 0.25) is 0 Å². The highest BCUT2D eigenvalue weighted by molar-refractivity contribution is 6.51. The van der Waals surface area contributed by atoms with E-state index in [1.54, 1.807) is 6.08 Å². The number of anilines is 3. The lowest BCUT2D eigenvalue weighted by Crippen LogP contribution is -2.25. The summed E-state index contributed by atoms with van der Waals surface area (Å²) in [5.74, 6) is 0. The van der Waals surface area contributed by atoms with E-state index in [4.69, 9.17) is 46.1 Å². The van der Waals surface area contributed by atoms with Gasteiger partial charge in [-0.05, 0) is 64.7 Å². The van der Waals surface area contributed by atoms with E-state index in [0.29, 0.717) is 12.1 Å². The molecular weight excluding hydrogens is 486 g/mol. The van der Waals surface area contributed by atoms with Gasteiger partial charge in [-0.2, -0.15) is 0 Å². The zero-order valence-corrected chi connectivity index (χ0v) is 20.3. The Kier molecular flexibility index (Phi) is 10.3. The van der Waals surface area contributed by atoms with Gasteiger partial charge in [-0.3, -0.25) is 0 Å². The summed E-state index contributed by atoms with van der Waals surface area (Å²) >= 11 is 12.2. The molecule has 4 rings (SSSR count). The Labute approximate surface area is 211 Å². The van der Waals surface area contributed by atoms with Gasteiger partial charge in [-0.1, -0.05) is 65.7 Å². The smallest absolute Gasteiger partial charge is 0.161 e. The molecule has 0 bridgehead atoms. The standard InChI is InChI=1S/C12H12Cl2N2.C12H12N2.2ClH/c13-12(14)7-9(3-6-11(12)16)8-1-4-10(15)5-2-8;13-11-5-1-9(2-6-11)10-3-7-12(14)8-4-10;;/h1-6H,7,15-16H2;1-8H,13-14H2;2*1H. The van der Waals surface area contributed by atoms with Gasteiger partial charge < -0.3 is 22.9 Å². The minimum Gasteiger partial charge on any atom is -0.400 e. The molecule has 170 valence electrons. The van der Waals surface area contributed by atoms with Crippen LogP contribution in [0, 0.1) is 0 Å². The molecule has 1 aliphatic rings. The van der Waals surface area contributed by atoms with Gasteiger partial charge in [0, 0.05) is 29.2 Å². The van der Waals surface area contributed by atoms with Crippen molar-refractivity contribution >= 4 is 70.7 Å². The van der Waals surface area contributed by atoms with Gasteiger partial charge in [0.15, 0.2) is 4.33 Å². The number of hydrogen-bond acceptors (Lipinski definition) is 4. The Hall–Kier alpha value is -2.50. The molecule has 32 heavy (non-hydrogen) atoms. The van der Waals surface area contributed by atoms with Gasteiger partial charge >= 0.3 is 0 Å². The molecule has 3 aromatic carbocycles. The maximum atomic E-state index is 6.11. The molecule has 0 heterocycles. The lowest BCUT2D eigenvalue weighted by Gasteiger charge is -2.25. The summed E-state index contributed by atoms with van der Waals surface area (Å²) in [6.07, 6.45) is 4.18. The number of nitrogens with two attached hydrogens (primary N) is 4. The predicted molar refractivity (Wildman–Crippen MR) is 145 cm³/mol. The second-order valence-electron chi connectivity index (χ2n) is 7.06. The van der Waals surface area contributed by atoms with Crippen LogP contribution in [0.4, 0.5) is 17.1 Å². The minimum atomic E-state index is -1.01. The number of hydrogen-bond donors (Lipinski definition) is 4. The highest BCUT2D eigenvalue weighted by Crippen LogP contribution is 2.40. The molecule has 0 radical (unpaired) electrons. The first-order chi connectivity index (χ1) is 14.2. The molecule has 1 aliphatic carbocycles. The van der Waals surface area contributed by atoms with E-state index in [0.717, 1.165) is 39.3 Å². The van der Waals surface area contributed by atoms with Crippen molar-refractivity contribution in [2.24, 2.45) is 5.73 Å². The van der Waals surface area contributed by atoms with E-state index in [2.05, 4.69) is 0 Å². The summed E-state index contributed by atoms with van der Waals surface area (Å²) in [6, 6.07) is 23.2. The summed E-state index contributed by atoms with van der Waals surface area (Å²) in [5, 5.41) is 0. The molecule has 4 nitrogen and oxygen atoms in total. The number of allylic oxidation sites excluding steroid dienone is 4. The molecule has 8 heteroatoms. The van der Waals surface area contributed by atoms with Crippen LogP contribution in [0.2, 0.25) is 0 Å². The van der Waals surface area contributed by atoms with E-state index >= 15 is 0 Å². The third-order valence-electron chi connectivity index (χ3n) is 4.74. The molecule has 0 aromatic heterocycles. The average Bonchev–Trinajstić information content (AvgIpc) is 2.72. The second kappa shape index (κ2) is 11.9. The Morgan fingerprint density at radius 1 is 0.531 bits per heavy atom. The lowest BCUT2D eigenvalue weighted by molar-refractivity contribution is 0.892. The molecule has 8 N–H and O–H groups in total. The van der Waals surface area contributed by atoms with Crippen molar-refractivity contribution in [1.82, 2.24) is 0 Å². The summed E-state index contributed by atoms with van der Waals surface area (Å²) in [7, 11) is 0. The van der Waals surface area contributed by atoms with Crippen LogP contribution in [0.5, 0.6) is 0 Å². The maximum absolute atomic E-state index is 6.11. The molecule has 0 saturated carbocycles. The molecule has 0 unspecified atom stereocenters. The van der Waals surface area contributed by atoms with Crippen LogP contribution in [0.1, 0.15) is 12.0 Å².